The second-order valence-electron chi connectivity index (χ2n) is 4.09. The third-order valence-corrected chi connectivity index (χ3v) is 3.54. The predicted octanol–water partition coefficient (Wildman–Crippen LogP) is 3.93. The van der Waals surface area contributed by atoms with E-state index in [0.29, 0.717) is 11.2 Å². The fraction of sp³-hybridized carbons (Fsp3) is 0.143. The first-order valence-electron chi connectivity index (χ1n) is 6.05. The van der Waals surface area contributed by atoms with Crippen LogP contribution in [-0.4, -0.2) is 15.9 Å². The second kappa shape index (κ2) is 4.93. The number of hydrogen-bond donors (Lipinski definition) is 1. The highest BCUT2D eigenvalue weighted by atomic mass is 32.1. The predicted molar refractivity (Wildman–Crippen MR) is 77.0 cm³/mol. The Morgan fingerprint density at radius 2 is 1.95 bits per heavy atom. The molecule has 19 heavy (non-hydrogen) atoms. The van der Waals surface area contributed by atoms with Gasteiger partial charge in [-0.15, -0.1) is 0 Å². The van der Waals surface area contributed by atoms with Gasteiger partial charge < -0.3 is 5.32 Å². The molecule has 0 bridgehead atoms. The van der Waals surface area contributed by atoms with Crippen molar-refractivity contribution in [3.8, 4) is 11.4 Å². The van der Waals surface area contributed by atoms with E-state index in [-0.39, 0.29) is 5.82 Å². The number of benzene rings is 2. The molecule has 0 aliphatic carbocycles. The zero-order chi connectivity index (χ0) is 13.2. The van der Waals surface area contributed by atoms with Gasteiger partial charge >= 0.3 is 0 Å². The molecule has 3 rings (SSSR count). The van der Waals surface area contributed by atoms with E-state index in [9.17, 15) is 4.39 Å². The number of nitrogens with zero attached hydrogens (tertiary/aromatic N) is 2. The van der Waals surface area contributed by atoms with Gasteiger partial charge in [-0.25, -0.2) is 4.39 Å². The summed E-state index contributed by atoms with van der Waals surface area (Å²) in [6.45, 7) is 2.81. The van der Waals surface area contributed by atoms with E-state index in [4.69, 9.17) is 0 Å². The molecule has 1 N–H and O–H groups in total. The highest BCUT2D eigenvalue weighted by Crippen LogP contribution is 2.30. The van der Waals surface area contributed by atoms with Crippen LogP contribution in [0.5, 0.6) is 0 Å². The van der Waals surface area contributed by atoms with Gasteiger partial charge in [-0.2, -0.15) is 9.36 Å². The Kier molecular flexibility index (Phi) is 3.13. The number of halogens is 1. The van der Waals surface area contributed by atoms with Crippen molar-refractivity contribution in [2.45, 2.75) is 6.92 Å². The summed E-state index contributed by atoms with van der Waals surface area (Å²) in [5.41, 5.74) is 0.859. The third-order valence-electron chi connectivity index (χ3n) is 2.87. The average Bonchev–Trinajstić information content (AvgIpc) is 2.88. The SMILES string of the molecule is CCNc1nc(-c2ccc(F)c3ccccc23)ns1. The van der Waals surface area contributed by atoms with E-state index in [0.717, 1.165) is 22.6 Å². The number of rotatable bonds is 3. The lowest BCUT2D eigenvalue weighted by Gasteiger charge is -2.04. The number of hydrogen-bond acceptors (Lipinski definition) is 4. The van der Waals surface area contributed by atoms with E-state index >= 15 is 0 Å². The van der Waals surface area contributed by atoms with Crippen LogP contribution >= 0.6 is 11.5 Å². The van der Waals surface area contributed by atoms with Crippen LogP contribution in [0, 0.1) is 5.82 Å². The van der Waals surface area contributed by atoms with Crippen molar-refractivity contribution in [2.24, 2.45) is 0 Å². The summed E-state index contributed by atoms with van der Waals surface area (Å²) in [4.78, 5) is 4.42. The second-order valence-corrected chi connectivity index (χ2v) is 4.85. The third kappa shape index (κ3) is 2.17. The van der Waals surface area contributed by atoms with Crippen molar-refractivity contribution in [3.05, 3.63) is 42.2 Å². The van der Waals surface area contributed by atoms with E-state index in [1.807, 2.05) is 25.1 Å². The lowest BCUT2D eigenvalue weighted by atomic mass is 10.0. The summed E-state index contributed by atoms with van der Waals surface area (Å²) in [6.07, 6.45) is 0. The van der Waals surface area contributed by atoms with E-state index in [1.54, 1.807) is 12.1 Å². The molecule has 0 saturated carbocycles. The molecule has 0 unspecified atom stereocenters. The first-order valence-corrected chi connectivity index (χ1v) is 6.82. The number of fused-ring (bicyclic) bond motifs is 1. The lowest BCUT2D eigenvalue weighted by Crippen LogP contribution is -1.95. The molecule has 5 heteroatoms. The maximum atomic E-state index is 13.8. The maximum absolute atomic E-state index is 13.8. The fourth-order valence-corrected chi connectivity index (χ4v) is 2.66. The largest absolute Gasteiger partial charge is 0.361 e. The maximum Gasteiger partial charge on any atom is 0.202 e. The van der Waals surface area contributed by atoms with Crippen LogP contribution < -0.4 is 5.32 Å². The highest BCUT2D eigenvalue weighted by Gasteiger charge is 2.11. The van der Waals surface area contributed by atoms with Crippen LogP contribution in [0.2, 0.25) is 0 Å². The first-order chi connectivity index (χ1) is 9.29. The molecule has 1 heterocycles. The van der Waals surface area contributed by atoms with Gasteiger partial charge in [-0.3, -0.25) is 0 Å². The Balaban J connectivity index is 2.16. The summed E-state index contributed by atoms with van der Waals surface area (Å²) in [6, 6.07) is 10.6. The van der Waals surface area contributed by atoms with Gasteiger partial charge in [0.15, 0.2) is 5.82 Å². The molecule has 0 amide bonds. The molecule has 0 radical (unpaired) electrons. The van der Waals surface area contributed by atoms with Crippen LogP contribution in [0.25, 0.3) is 22.2 Å². The van der Waals surface area contributed by atoms with Crippen molar-refractivity contribution in [1.82, 2.24) is 9.36 Å². The molecule has 3 aromatic rings. The molecule has 0 spiro atoms. The van der Waals surface area contributed by atoms with Gasteiger partial charge in [-0.1, -0.05) is 24.3 Å². The molecule has 0 aliphatic rings. The smallest absolute Gasteiger partial charge is 0.202 e. The Bertz CT molecular complexity index is 724. The summed E-state index contributed by atoms with van der Waals surface area (Å²) in [7, 11) is 0. The van der Waals surface area contributed by atoms with Gasteiger partial charge in [0.05, 0.1) is 0 Å². The Hall–Kier alpha value is -2.01. The molecule has 0 aliphatic heterocycles. The van der Waals surface area contributed by atoms with Gasteiger partial charge in [0.1, 0.15) is 5.82 Å². The molecule has 0 atom stereocenters. The minimum atomic E-state index is -0.221. The van der Waals surface area contributed by atoms with Gasteiger partial charge in [0.25, 0.3) is 0 Å². The van der Waals surface area contributed by atoms with Crippen LogP contribution in [0.4, 0.5) is 9.52 Å². The molecule has 2 aromatic carbocycles. The average molecular weight is 273 g/mol. The van der Waals surface area contributed by atoms with Gasteiger partial charge in [0.2, 0.25) is 5.13 Å². The minimum Gasteiger partial charge on any atom is -0.361 e. The van der Waals surface area contributed by atoms with Crippen LogP contribution in [-0.2, 0) is 0 Å². The first kappa shape index (κ1) is 12.0. The molecular formula is C14H12FN3S. The standard InChI is InChI=1S/C14H12FN3S/c1-2-16-14-17-13(18-19-14)11-7-8-12(15)10-6-4-3-5-9(10)11/h3-8H,2H2,1H3,(H,16,17,18). The normalized spacial score (nSPS) is 10.8. The fourth-order valence-electron chi connectivity index (χ4n) is 2.01. The van der Waals surface area contributed by atoms with Crippen LogP contribution in [0.3, 0.4) is 0 Å². The molecule has 96 valence electrons. The highest BCUT2D eigenvalue weighted by molar-refractivity contribution is 7.09. The molecule has 3 nitrogen and oxygen atoms in total. The summed E-state index contributed by atoms with van der Waals surface area (Å²) in [5, 5.41) is 5.34. The Morgan fingerprint density at radius 1 is 1.16 bits per heavy atom. The topological polar surface area (TPSA) is 37.8 Å². The van der Waals surface area contributed by atoms with Crippen LogP contribution in [0.15, 0.2) is 36.4 Å². The molecular weight excluding hydrogens is 261 g/mol. The minimum absolute atomic E-state index is 0.221. The molecule has 0 fully saturated rings. The zero-order valence-electron chi connectivity index (χ0n) is 10.4. The van der Waals surface area contributed by atoms with Gasteiger partial charge in [0, 0.05) is 29.0 Å². The van der Waals surface area contributed by atoms with Gasteiger partial charge in [-0.05, 0) is 24.4 Å². The zero-order valence-corrected chi connectivity index (χ0v) is 11.2. The Labute approximate surface area is 114 Å². The number of aromatic nitrogens is 2. The lowest BCUT2D eigenvalue weighted by molar-refractivity contribution is 0.640. The number of nitrogens with one attached hydrogen (secondary N) is 1. The van der Waals surface area contributed by atoms with E-state index < -0.39 is 0 Å². The summed E-state index contributed by atoms with van der Waals surface area (Å²) >= 11 is 1.32. The summed E-state index contributed by atoms with van der Waals surface area (Å²) in [5.74, 6) is 0.415. The summed E-state index contributed by atoms with van der Waals surface area (Å²) < 4.78 is 18.1. The monoisotopic (exact) mass is 273 g/mol. The van der Waals surface area contributed by atoms with E-state index in [2.05, 4.69) is 14.7 Å². The van der Waals surface area contributed by atoms with Crippen molar-refractivity contribution in [1.29, 1.82) is 0 Å². The Morgan fingerprint density at radius 3 is 2.74 bits per heavy atom. The molecule has 1 aromatic heterocycles. The van der Waals surface area contributed by atoms with Crippen molar-refractivity contribution in [2.75, 3.05) is 11.9 Å². The number of anilines is 1. The van der Waals surface area contributed by atoms with E-state index in [1.165, 1.54) is 17.6 Å². The van der Waals surface area contributed by atoms with Crippen molar-refractivity contribution in [3.63, 3.8) is 0 Å². The van der Waals surface area contributed by atoms with Crippen LogP contribution in [0.1, 0.15) is 6.92 Å². The quantitative estimate of drug-likeness (QED) is 0.785. The molecule has 0 saturated heterocycles. The van der Waals surface area contributed by atoms with Crippen molar-refractivity contribution < 1.29 is 4.39 Å². The van der Waals surface area contributed by atoms with Crippen molar-refractivity contribution >= 4 is 27.4 Å².